The number of furan rings is 1. The van der Waals surface area contributed by atoms with E-state index in [1.54, 1.807) is 50.4 Å². The van der Waals surface area contributed by atoms with Crippen LogP contribution >= 0.6 is 11.6 Å². The summed E-state index contributed by atoms with van der Waals surface area (Å²) in [6.45, 7) is 2.00. The molecule has 0 saturated carbocycles. The summed E-state index contributed by atoms with van der Waals surface area (Å²) in [5, 5.41) is 17.8. The van der Waals surface area contributed by atoms with E-state index >= 15 is 0 Å². The molecule has 0 unspecified atom stereocenters. The molecule has 1 aliphatic heterocycles. The lowest BCUT2D eigenvalue weighted by atomic mass is 10.1. The van der Waals surface area contributed by atoms with Crippen LogP contribution in [0, 0.1) is 0 Å². The zero-order valence-corrected chi connectivity index (χ0v) is 22.8. The number of aromatic carboxylic acids is 1. The molecule has 9 nitrogen and oxygen atoms in total. The van der Waals surface area contributed by atoms with Crippen LogP contribution in [0.1, 0.15) is 39.0 Å². The number of ether oxygens (including phenoxy) is 1. The minimum atomic E-state index is -1.06. The number of hydrogen-bond donors (Lipinski definition) is 2. The Balaban J connectivity index is 1.32. The topological polar surface area (TPSA) is 121 Å². The van der Waals surface area contributed by atoms with Crippen molar-refractivity contribution in [1.29, 1.82) is 0 Å². The third-order valence-electron chi connectivity index (χ3n) is 6.42. The Morgan fingerprint density at radius 3 is 2.59 bits per heavy atom. The molecule has 2 heterocycles. The first-order valence-corrected chi connectivity index (χ1v) is 12.9. The number of benzene rings is 3. The van der Waals surface area contributed by atoms with Crippen molar-refractivity contribution >= 4 is 46.9 Å². The van der Waals surface area contributed by atoms with E-state index in [1.165, 1.54) is 29.3 Å². The van der Waals surface area contributed by atoms with E-state index in [2.05, 4.69) is 10.4 Å². The van der Waals surface area contributed by atoms with Crippen molar-refractivity contribution in [3.05, 3.63) is 112 Å². The normalized spacial score (nSPS) is 13.8. The third-order valence-corrected chi connectivity index (χ3v) is 6.75. The van der Waals surface area contributed by atoms with Gasteiger partial charge in [-0.1, -0.05) is 23.7 Å². The summed E-state index contributed by atoms with van der Waals surface area (Å²) in [6.07, 6.45) is 1.59. The van der Waals surface area contributed by atoms with Crippen LogP contribution in [0.3, 0.4) is 0 Å². The molecule has 5 rings (SSSR count). The van der Waals surface area contributed by atoms with Crippen molar-refractivity contribution < 1.29 is 28.6 Å². The average molecular weight is 570 g/mol. The summed E-state index contributed by atoms with van der Waals surface area (Å²) in [5.74, 6) is -0.169. The number of anilines is 1. The molecule has 0 radical (unpaired) electrons. The lowest BCUT2D eigenvalue weighted by Gasteiger charge is -2.11. The van der Waals surface area contributed by atoms with Gasteiger partial charge in [0, 0.05) is 12.1 Å². The highest BCUT2D eigenvalue weighted by Crippen LogP contribution is 2.30. The van der Waals surface area contributed by atoms with Gasteiger partial charge in [-0.25, -0.2) is 4.79 Å². The van der Waals surface area contributed by atoms with Gasteiger partial charge in [-0.15, -0.1) is 0 Å². The average Bonchev–Trinajstić information content (AvgIpc) is 3.56. The second-order valence-corrected chi connectivity index (χ2v) is 9.55. The number of carbonyl (C=O) groups excluding carboxylic acids is 2. The van der Waals surface area contributed by atoms with Gasteiger partial charge >= 0.3 is 5.97 Å². The van der Waals surface area contributed by atoms with Gasteiger partial charge in [0.25, 0.3) is 11.8 Å². The molecule has 3 aromatic carbocycles. The molecule has 4 aromatic rings. The molecule has 0 saturated heterocycles. The molecule has 41 heavy (non-hydrogen) atoms. The first-order chi connectivity index (χ1) is 19.7. The van der Waals surface area contributed by atoms with E-state index in [-0.39, 0.29) is 17.4 Å². The second kappa shape index (κ2) is 11.5. The zero-order chi connectivity index (χ0) is 29.1. The van der Waals surface area contributed by atoms with Crippen molar-refractivity contribution in [3.8, 4) is 17.1 Å². The number of halogens is 1. The smallest absolute Gasteiger partial charge is 0.335 e. The number of carboxylic acids is 1. The van der Waals surface area contributed by atoms with E-state index in [0.717, 1.165) is 5.56 Å². The number of methoxy groups -OCH3 is 1. The number of amides is 2. The molecule has 0 bridgehead atoms. The molecule has 0 spiro atoms. The molecular formula is C31H24ClN3O6. The minimum absolute atomic E-state index is 0.111. The van der Waals surface area contributed by atoms with Gasteiger partial charge in [-0.3, -0.25) is 9.59 Å². The molecule has 0 aliphatic carbocycles. The van der Waals surface area contributed by atoms with E-state index < -0.39 is 5.97 Å². The summed E-state index contributed by atoms with van der Waals surface area (Å²) in [6, 6.07) is 21.7. The minimum Gasteiger partial charge on any atom is -0.497 e. The van der Waals surface area contributed by atoms with Gasteiger partial charge in [0.1, 0.15) is 17.3 Å². The van der Waals surface area contributed by atoms with Crippen molar-refractivity contribution in [1.82, 2.24) is 5.32 Å². The van der Waals surface area contributed by atoms with E-state index in [4.69, 9.17) is 25.9 Å². The third kappa shape index (κ3) is 5.90. The maximum atomic E-state index is 13.1. The van der Waals surface area contributed by atoms with Crippen LogP contribution in [0.25, 0.3) is 17.4 Å². The highest BCUT2D eigenvalue weighted by Gasteiger charge is 2.29. The molecule has 2 N–H and O–H groups in total. The Morgan fingerprint density at radius 1 is 1.07 bits per heavy atom. The molecule has 2 amide bonds. The summed E-state index contributed by atoms with van der Waals surface area (Å²) < 4.78 is 11.2. The largest absolute Gasteiger partial charge is 0.497 e. The van der Waals surface area contributed by atoms with Crippen LogP contribution in [-0.2, 0) is 11.3 Å². The monoisotopic (exact) mass is 569 g/mol. The first-order valence-electron chi connectivity index (χ1n) is 12.5. The fourth-order valence-corrected chi connectivity index (χ4v) is 4.45. The van der Waals surface area contributed by atoms with Crippen molar-refractivity contribution in [2.45, 2.75) is 13.5 Å². The Morgan fingerprint density at radius 2 is 1.85 bits per heavy atom. The number of hydrazone groups is 1. The maximum Gasteiger partial charge on any atom is 0.335 e. The highest BCUT2D eigenvalue weighted by molar-refractivity contribution is 6.34. The standard InChI is InChI=1S/C31H24ClN3O6/c1-18-25(30(37)35(34-18)22-9-6-20(7-10-22)31(38)39)16-24-11-13-28(41-24)21-8-12-27(32)26(15-21)29(36)33-17-19-4-3-5-23(14-19)40-2/h3-16H,17H2,1-2H3,(H,33,36)(H,38,39). The quantitative estimate of drug-likeness (QED) is 0.249. The highest BCUT2D eigenvalue weighted by atomic mass is 35.5. The number of hydrogen-bond acceptors (Lipinski definition) is 6. The Hall–Kier alpha value is -5.15. The van der Waals surface area contributed by atoms with E-state index in [1.807, 2.05) is 24.3 Å². The number of rotatable bonds is 8. The van der Waals surface area contributed by atoms with Crippen LogP contribution < -0.4 is 15.1 Å². The first kappa shape index (κ1) is 27.4. The van der Waals surface area contributed by atoms with Gasteiger partial charge in [0.05, 0.1) is 40.2 Å². The van der Waals surface area contributed by atoms with Gasteiger partial charge < -0.3 is 19.6 Å². The molecule has 1 aromatic heterocycles. The summed E-state index contributed by atoms with van der Waals surface area (Å²) in [7, 11) is 1.58. The molecule has 206 valence electrons. The Bertz CT molecular complexity index is 1720. The van der Waals surface area contributed by atoms with Crippen LogP contribution in [0.2, 0.25) is 5.02 Å². The Kier molecular flexibility index (Phi) is 7.71. The van der Waals surface area contributed by atoms with Crippen LogP contribution in [0.5, 0.6) is 5.75 Å². The fraction of sp³-hybridized carbons (Fsp3) is 0.0968. The predicted molar refractivity (Wildman–Crippen MR) is 155 cm³/mol. The van der Waals surface area contributed by atoms with E-state index in [9.17, 15) is 14.4 Å². The second-order valence-electron chi connectivity index (χ2n) is 9.14. The van der Waals surface area contributed by atoms with Crippen LogP contribution in [0.4, 0.5) is 5.69 Å². The van der Waals surface area contributed by atoms with Gasteiger partial charge in [0.15, 0.2) is 0 Å². The van der Waals surface area contributed by atoms with Gasteiger partial charge in [-0.05, 0) is 85.3 Å². The predicted octanol–water partition coefficient (Wildman–Crippen LogP) is 6.04. The molecule has 1 aliphatic rings. The SMILES string of the molecule is COc1cccc(CNC(=O)c2cc(-c3ccc(C=C4C(=O)N(c5ccc(C(=O)O)cc5)N=C4C)o3)ccc2Cl)c1. The van der Waals surface area contributed by atoms with E-state index in [0.29, 0.717) is 56.9 Å². The molecule has 0 atom stereocenters. The fourth-order valence-electron chi connectivity index (χ4n) is 4.24. The number of nitrogens with zero attached hydrogens (tertiary/aromatic N) is 2. The van der Waals surface area contributed by atoms with Crippen LogP contribution in [0.15, 0.2) is 94.0 Å². The van der Waals surface area contributed by atoms with Gasteiger partial charge in [0.2, 0.25) is 0 Å². The molecular weight excluding hydrogens is 546 g/mol. The Labute approximate surface area is 240 Å². The summed E-state index contributed by atoms with van der Waals surface area (Å²) >= 11 is 6.34. The van der Waals surface area contributed by atoms with Crippen molar-refractivity contribution in [2.75, 3.05) is 12.1 Å². The lowest BCUT2D eigenvalue weighted by Crippen LogP contribution is -2.23. The lowest BCUT2D eigenvalue weighted by molar-refractivity contribution is -0.114. The summed E-state index contributed by atoms with van der Waals surface area (Å²) in [5.41, 5.74) is 3.18. The maximum absolute atomic E-state index is 13.1. The molecule has 0 fully saturated rings. The van der Waals surface area contributed by atoms with Crippen LogP contribution in [-0.4, -0.2) is 35.7 Å². The van der Waals surface area contributed by atoms with Gasteiger partial charge in [-0.2, -0.15) is 10.1 Å². The number of carbonyl (C=O) groups is 3. The van der Waals surface area contributed by atoms with Crippen molar-refractivity contribution in [3.63, 3.8) is 0 Å². The summed E-state index contributed by atoms with van der Waals surface area (Å²) in [4.78, 5) is 37.1. The number of nitrogens with one attached hydrogen (secondary N) is 1. The number of carboxylic acid groups (broad SMARTS) is 1. The molecule has 10 heteroatoms. The van der Waals surface area contributed by atoms with Crippen molar-refractivity contribution in [2.24, 2.45) is 5.10 Å². The zero-order valence-electron chi connectivity index (χ0n) is 22.1.